The lowest BCUT2D eigenvalue weighted by Gasteiger charge is -2.21. The molecule has 1 aliphatic rings. The highest BCUT2D eigenvalue weighted by Gasteiger charge is 2.29. The quantitative estimate of drug-likeness (QED) is 0.771. The zero-order valence-electron chi connectivity index (χ0n) is 15.7. The van der Waals surface area contributed by atoms with E-state index in [4.69, 9.17) is 4.74 Å². The smallest absolute Gasteiger partial charge is 0.262 e. The van der Waals surface area contributed by atoms with Gasteiger partial charge in [-0.25, -0.2) is 8.42 Å². The molecule has 0 unspecified atom stereocenters. The Morgan fingerprint density at radius 2 is 1.96 bits per heavy atom. The highest BCUT2D eigenvalue weighted by atomic mass is 32.2. The van der Waals surface area contributed by atoms with Gasteiger partial charge in [-0.15, -0.1) is 0 Å². The van der Waals surface area contributed by atoms with E-state index in [0.29, 0.717) is 23.5 Å². The molecule has 0 spiro atoms. The molecule has 148 valence electrons. The molecule has 1 atom stereocenters. The molecule has 2 N–H and O–H groups in total. The maximum absolute atomic E-state index is 13.0. The van der Waals surface area contributed by atoms with Crippen molar-refractivity contribution in [2.45, 2.75) is 37.0 Å². The van der Waals surface area contributed by atoms with E-state index in [2.05, 4.69) is 10.6 Å². The first kappa shape index (κ1) is 19.9. The van der Waals surface area contributed by atoms with Crippen molar-refractivity contribution in [2.75, 3.05) is 11.9 Å². The van der Waals surface area contributed by atoms with Gasteiger partial charge in [-0.1, -0.05) is 30.3 Å². The number of sulfone groups is 1. The third-order valence-electron chi connectivity index (χ3n) is 4.55. The molecule has 8 heteroatoms. The van der Waals surface area contributed by atoms with Crippen LogP contribution in [-0.2, 0) is 26.0 Å². The standard InChI is InChI=1S/C20H22N2O5S/c1-13-8-16-17(27-12-20(24)22-16)10-18(13)28(25,26)14(2)9-19(23)21-11-15-6-4-3-5-7-15/h3-8,10,14H,9,11-12H2,1-2H3,(H,21,23)(H,22,24)/t14-/m0/s1. The fourth-order valence-electron chi connectivity index (χ4n) is 2.98. The number of anilines is 1. The zero-order chi connectivity index (χ0) is 20.3. The molecule has 2 aromatic rings. The molecule has 0 bridgehead atoms. The fraction of sp³-hybridized carbons (Fsp3) is 0.300. The lowest BCUT2D eigenvalue weighted by Crippen LogP contribution is -2.30. The third-order valence-corrected chi connectivity index (χ3v) is 6.83. The van der Waals surface area contributed by atoms with Gasteiger partial charge in [-0.05, 0) is 31.0 Å². The number of fused-ring (bicyclic) bond motifs is 1. The maximum Gasteiger partial charge on any atom is 0.262 e. The average Bonchev–Trinajstić information content (AvgIpc) is 2.66. The summed E-state index contributed by atoms with van der Waals surface area (Å²) in [6.45, 7) is 3.35. The molecule has 0 fully saturated rings. The van der Waals surface area contributed by atoms with E-state index in [1.807, 2.05) is 30.3 Å². The zero-order valence-corrected chi connectivity index (χ0v) is 16.5. The summed E-state index contributed by atoms with van der Waals surface area (Å²) in [5, 5.41) is 4.49. The minimum Gasteiger partial charge on any atom is -0.482 e. The van der Waals surface area contributed by atoms with Gasteiger partial charge in [-0.3, -0.25) is 9.59 Å². The van der Waals surface area contributed by atoms with E-state index in [9.17, 15) is 18.0 Å². The molecule has 0 radical (unpaired) electrons. The van der Waals surface area contributed by atoms with Gasteiger partial charge in [0.15, 0.2) is 16.4 Å². The lowest BCUT2D eigenvalue weighted by molar-refractivity contribution is -0.121. The summed E-state index contributed by atoms with van der Waals surface area (Å²) in [6, 6.07) is 12.4. The number of hydrogen-bond acceptors (Lipinski definition) is 5. The van der Waals surface area contributed by atoms with Gasteiger partial charge < -0.3 is 15.4 Å². The second kappa shape index (κ2) is 8.02. The predicted molar refractivity (Wildman–Crippen MR) is 105 cm³/mol. The van der Waals surface area contributed by atoms with E-state index in [1.165, 1.54) is 13.0 Å². The average molecular weight is 402 g/mol. The Hall–Kier alpha value is -2.87. The lowest BCUT2D eigenvalue weighted by atomic mass is 10.2. The van der Waals surface area contributed by atoms with E-state index < -0.39 is 15.1 Å². The second-order valence-electron chi connectivity index (χ2n) is 6.77. The molecule has 2 amide bonds. The number of hydrogen-bond donors (Lipinski definition) is 2. The largest absolute Gasteiger partial charge is 0.482 e. The van der Waals surface area contributed by atoms with Gasteiger partial charge in [0.2, 0.25) is 5.91 Å². The summed E-state index contributed by atoms with van der Waals surface area (Å²) < 4.78 is 31.3. The number of aryl methyl sites for hydroxylation is 1. The van der Waals surface area contributed by atoms with Crippen molar-refractivity contribution < 1.29 is 22.7 Å². The Kier molecular flexibility index (Phi) is 5.69. The number of carbonyl (C=O) groups excluding carboxylic acids is 2. The molecule has 7 nitrogen and oxygen atoms in total. The Balaban J connectivity index is 1.71. The van der Waals surface area contributed by atoms with Crippen LogP contribution in [-0.4, -0.2) is 32.1 Å². The normalized spacial score (nSPS) is 14.4. The molecule has 2 aromatic carbocycles. The molecule has 28 heavy (non-hydrogen) atoms. The number of ether oxygens (including phenoxy) is 1. The summed E-state index contributed by atoms with van der Waals surface area (Å²) in [5.41, 5.74) is 1.87. The number of rotatable bonds is 6. The molecular weight excluding hydrogens is 380 g/mol. The Labute approximate surface area is 164 Å². The first-order valence-corrected chi connectivity index (χ1v) is 10.4. The fourth-order valence-corrected chi connectivity index (χ4v) is 4.56. The van der Waals surface area contributed by atoms with Crippen LogP contribution in [0.5, 0.6) is 5.75 Å². The summed E-state index contributed by atoms with van der Waals surface area (Å²) >= 11 is 0. The van der Waals surface area contributed by atoms with Crippen molar-refractivity contribution in [1.82, 2.24) is 5.32 Å². The Morgan fingerprint density at radius 1 is 1.25 bits per heavy atom. The van der Waals surface area contributed by atoms with Gasteiger partial charge in [0.05, 0.1) is 15.8 Å². The number of carbonyl (C=O) groups is 2. The molecule has 1 aliphatic heterocycles. The molecule has 0 saturated heterocycles. The van der Waals surface area contributed by atoms with Crippen molar-refractivity contribution in [1.29, 1.82) is 0 Å². The van der Waals surface area contributed by atoms with Gasteiger partial charge >= 0.3 is 0 Å². The summed E-state index contributed by atoms with van der Waals surface area (Å²) in [7, 11) is -3.75. The molecular formula is C20H22N2O5S. The van der Waals surface area contributed by atoms with Crippen LogP contribution < -0.4 is 15.4 Å². The molecule has 1 heterocycles. The maximum atomic E-state index is 13.0. The number of nitrogens with one attached hydrogen (secondary N) is 2. The minimum atomic E-state index is -3.75. The third kappa shape index (κ3) is 4.33. The molecule has 3 rings (SSSR count). The van der Waals surface area contributed by atoms with Crippen LogP contribution in [0.3, 0.4) is 0 Å². The second-order valence-corrected chi connectivity index (χ2v) is 9.11. The van der Waals surface area contributed by atoms with Gasteiger partial charge in [0, 0.05) is 19.0 Å². The summed E-state index contributed by atoms with van der Waals surface area (Å²) in [5.74, 6) is -0.311. The van der Waals surface area contributed by atoms with E-state index in [-0.39, 0.29) is 29.7 Å². The van der Waals surface area contributed by atoms with Crippen molar-refractivity contribution in [3.63, 3.8) is 0 Å². The van der Waals surface area contributed by atoms with E-state index >= 15 is 0 Å². The highest BCUT2D eigenvalue weighted by Crippen LogP contribution is 2.34. The van der Waals surface area contributed by atoms with E-state index in [1.54, 1.807) is 13.0 Å². The minimum absolute atomic E-state index is 0.103. The van der Waals surface area contributed by atoms with Crippen LogP contribution in [0.1, 0.15) is 24.5 Å². The van der Waals surface area contributed by atoms with Crippen molar-refractivity contribution in [3.05, 3.63) is 53.6 Å². The highest BCUT2D eigenvalue weighted by molar-refractivity contribution is 7.92. The van der Waals surface area contributed by atoms with Crippen LogP contribution in [0.4, 0.5) is 5.69 Å². The number of amides is 2. The van der Waals surface area contributed by atoms with Crippen LogP contribution in [0.15, 0.2) is 47.4 Å². The molecule has 0 aromatic heterocycles. The van der Waals surface area contributed by atoms with Crippen LogP contribution in [0.25, 0.3) is 0 Å². The summed E-state index contributed by atoms with van der Waals surface area (Å²) in [4.78, 5) is 23.7. The van der Waals surface area contributed by atoms with Gasteiger partial charge in [-0.2, -0.15) is 0 Å². The van der Waals surface area contributed by atoms with Crippen molar-refractivity contribution >= 4 is 27.3 Å². The Morgan fingerprint density at radius 3 is 2.68 bits per heavy atom. The van der Waals surface area contributed by atoms with Crippen LogP contribution in [0, 0.1) is 6.92 Å². The molecule has 0 saturated carbocycles. The SMILES string of the molecule is Cc1cc2c(cc1S(=O)(=O)[C@@H](C)CC(=O)NCc1ccccc1)OCC(=O)N2. The topological polar surface area (TPSA) is 102 Å². The van der Waals surface area contributed by atoms with Crippen molar-refractivity contribution in [2.24, 2.45) is 0 Å². The molecule has 0 aliphatic carbocycles. The Bertz CT molecular complexity index is 1000. The van der Waals surface area contributed by atoms with Gasteiger partial charge in [0.1, 0.15) is 5.75 Å². The summed E-state index contributed by atoms with van der Waals surface area (Å²) in [6.07, 6.45) is -0.150. The van der Waals surface area contributed by atoms with E-state index in [0.717, 1.165) is 5.56 Å². The number of benzene rings is 2. The van der Waals surface area contributed by atoms with Crippen LogP contribution in [0.2, 0.25) is 0 Å². The predicted octanol–water partition coefficient (Wildman–Crippen LogP) is 2.19. The first-order chi connectivity index (χ1) is 13.3. The van der Waals surface area contributed by atoms with Crippen molar-refractivity contribution in [3.8, 4) is 5.75 Å². The first-order valence-electron chi connectivity index (χ1n) is 8.89. The monoisotopic (exact) mass is 402 g/mol. The van der Waals surface area contributed by atoms with Gasteiger partial charge in [0.25, 0.3) is 5.91 Å². The van der Waals surface area contributed by atoms with Crippen LogP contribution >= 0.6 is 0 Å².